The molecule has 0 aliphatic heterocycles. The number of benzene rings is 1. The molecular weight excluding hydrogens is 330 g/mol. The largest absolute Gasteiger partial charge is 0.383 e. The van der Waals surface area contributed by atoms with Crippen LogP contribution < -0.4 is 21.3 Å². The molecular formula is C19H23N5O2. The van der Waals surface area contributed by atoms with Gasteiger partial charge in [0.05, 0.1) is 16.7 Å². The highest BCUT2D eigenvalue weighted by Gasteiger charge is 2.34. The van der Waals surface area contributed by atoms with Crippen molar-refractivity contribution in [3.8, 4) is 0 Å². The Morgan fingerprint density at radius 2 is 1.31 bits per heavy atom. The summed E-state index contributed by atoms with van der Waals surface area (Å²) in [5.74, 6) is -0.326. The normalized spacial score (nSPS) is 12.5. The zero-order valence-corrected chi connectivity index (χ0v) is 15.0. The van der Waals surface area contributed by atoms with E-state index < -0.39 is 0 Å². The molecule has 136 valence electrons. The van der Waals surface area contributed by atoms with Gasteiger partial charge >= 0.3 is 0 Å². The van der Waals surface area contributed by atoms with Crippen LogP contribution in [0.1, 0.15) is 31.8 Å². The number of likely N-dealkylation sites (N-methyl/N-ethyl adjacent to an activating group) is 2. The van der Waals surface area contributed by atoms with Crippen molar-refractivity contribution in [1.29, 1.82) is 0 Å². The van der Waals surface area contributed by atoms with Gasteiger partial charge in [-0.15, -0.1) is 0 Å². The molecule has 1 aromatic carbocycles. The highest BCUT2D eigenvalue weighted by molar-refractivity contribution is 6.31. The molecule has 0 spiro atoms. The number of nitrogens with one attached hydrogen (secondary N) is 4. The third-order valence-corrected chi connectivity index (χ3v) is 4.35. The van der Waals surface area contributed by atoms with Gasteiger partial charge in [0.2, 0.25) is 0 Å². The highest BCUT2D eigenvalue weighted by atomic mass is 16.1. The second-order valence-corrected chi connectivity index (χ2v) is 6.05. The number of rotatable bonds is 8. The van der Waals surface area contributed by atoms with E-state index in [9.17, 15) is 9.59 Å². The summed E-state index contributed by atoms with van der Waals surface area (Å²) in [6.07, 6.45) is 3.01. The first-order chi connectivity index (χ1) is 12.7. The molecule has 1 aromatic heterocycles. The van der Waals surface area contributed by atoms with Crippen molar-refractivity contribution in [2.45, 2.75) is 0 Å². The lowest BCUT2D eigenvalue weighted by molar-refractivity contribution is 0.0980. The lowest BCUT2D eigenvalue weighted by Crippen LogP contribution is -2.26. The van der Waals surface area contributed by atoms with Crippen molar-refractivity contribution in [3.05, 3.63) is 52.8 Å². The fraction of sp³-hybridized carbons (Fsp3) is 0.316. The van der Waals surface area contributed by atoms with Crippen LogP contribution in [0.3, 0.4) is 0 Å². The zero-order chi connectivity index (χ0) is 18.5. The Hall–Kier alpha value is -2.77. The second kappa shape index (κ2) is 8.07. The van der Waals surface area contributed by atoms with Crippen LogP contribution in [-0.2, 0) is 0 Å². The fourth-order valence-corrected chi connectivity index (χ4v) is 3.06. The minimum absolute atomic E-state index is 0.152. The molecule has 1 aliphatic carbocycles. The number of ketones is 2. The average Bonchev–Trinajstić information content (AvgIpc) is 2.67. The first-order valence-corrected chi connectivity index (χ1v) is 8.66. The molecule has 0 radical (unpaired) electrons. The number of aromatic nitrogens is 1. The highest BCUT2D eigenvalue weighted by Crippen LogP contribution is 2.36. The van der Waals surface area contributed by atoms with Gasteiger partial charge in [0, 0.05) is 55.5 Å². The Balaban J connectivity index is 2.07. The number of carbonyl (C=O) groups excluding carboxylic acids is 2. The molecule has 7 nitrogen and oxygen atoms in total. The molecule has 26 heavy (non-hydrogen) atoms. The Kier molecular flexibility index (Phi) is 5.60. The maximum Gasteiger partial charge on any atom is 0.198 e. The van der Waals surface area contributed by atoms with E-state index in [1.807, 2.05) is 26.2 Å². The maximum atomic E-state index is 13.1. The Bertz CT molecular complexity index is 767. The predicted octanol–water partition coefficient (Wildman–Crippen LogP) is 1.12. The van der Waals surface area contributed by atoms with Crippen molar-refractivity contribution in [3.63, 3.8) is 0 Å². The number of hydrogen-bond acceptors (Lipinski definition) is 7. The van der Waals surface area contributed by atoms with Gasteiger partial charge in [0.15, 0.2) is 11.6 Å². The minimum Gasteiger partial charge on any atom is -0.383 e. The Morgan fingerprint density at radius 3 is 1.85 bits per heavy atom. The summed E-state index contributed by atoms with van der Waals surface area (Å²) in [4.78, 5) is 30.2. The van der Waals surface area contributed by atoms with Gasteiger partial charge in [-0.2, -0.15) is 0 Å². The molecule has 2 aromatic rings. The monoisotopic (exact) mass is 353 g/mol. The average molecular weight is 353 g/mol. The fourth-order valence-electron chi connectivity index (χ4n) is 3.06. The van der Waals surface area contributed by atoms with Gasteiger partial charge in [0.1, 0.15) is 0 Å². The smallest absolute Gasteiger partial charge is 0.198 e. The molecule has 1 heterocycles. The number of carbonyl (C=O) groups is 2. The van der Waals surface area contributed by atoms with Crippen molar-refractivity contribution < 1.29 is 9.59 Å². The molecule has 0 unspecified atom stereocenters. The van der Waals surface area contributed by atoms with Gasteiger partial charge in [-0.1, -0.05) is 0 Å². The van der Waals surface area contributed by atoms with Crippen LogP contribution in [0.25, 0.3) is 0 Å². The molecule has 1 aliphatic rings. The third-order valence-electron chi connectivity index (χ3n) is 4.35. The maximum absolute atomic E-state index is 13.1. The first-order valence-electron chi connectivity index (χ1n) is 8.66. The lowest BCUT2D eigenvalue weighted by atomic mass is 9.83. The number of hydrogen-bond donors (Lipinski definition) is 4. The summed E-state index contributed by atoms with van der Waals surface area (Å²) < 4.78 is 0. The van der Waals surface area contributed by atoms with Gasteiger partial charge in [0.25, 0.3) is 0 Å². The van der Waals surface area contributed by atoms with Gasteiger partial charge in [-0.05, 0) is 32.3 Å². The van der Waals surface area contributed by atoms with E-state index in [1.165, 1.54) is 12.4 Å². The van der Waals surface area contributed by atoms with Crippen LogP contribution in [0.4, 0.5) is 11.4 Å². The lowest BCUT2D eigenvalue weighted by Gasteiger charge is -2.23. The van der Waals surface area contributed by atoms with E-state index in [-0.39, 0.29) is 11.6 Å². The van der Waals surface area contributed by atoms with E-state index >= 15 is 0 Å². The number of fused-ring (bicyclic) bond motifs is 2. The van der Waals surface area contributed by atoms with Crippen LogP contribution >= 0.6 is 0 Å². The van der Waals surface area contributed by atoms with Crippen LogP contribution in [-0.4, -0.2) is 56.8 Å². The molecule has 0 bridgehead atoms. The molecule has 7 heteroatoms. The topological polar surface area (TPSA) is 95.2 Å². The number of anilines is 2. The SMILES string of the molecule is CNCCNc1ccc(NCCNC)c2c1C(=O)c1ccncc1C2=O. The standard InChI is InChI=1S/C19H23N5O2/c1-20-7-9-23-14-3-4-15(24-10-8-21-2)17-16(14)18(25)12-5-6-22-11-13(12)19(17)26/h3-6,11,20-21,23-24H,7-10H2,1-2H3. The van der Waals surface area contributed by atoms with E-state index in [1.54, 1.807) is 6.07 Å². The van der Waals surface area contributed by atoms with Gasteiger partial charge in [-0.3, -0.25) is 14.6 Å². The zero-order valence-electron chi connectivity index (χ0n) is 15.0. The van der Waals surface area contributed by atoms with Crippen molar-refractivity contribution in [1.82, 2.24) is 15.6 Å². The van der Waals surface area contributed by atoms with E-state index in [4.69, 9.17) is 0 Å². The number of nitrogens with zero attached hydrogens (tertiary/aromatic N) is 1. The summed E-state index contributed by atoms with van der Waals surface area (Å²) in [6.45, 7) is 2.80. The molecule has 0 saturated carbocycles. The van der Waals surface area contributed by atoms with Crippen molar-refractivity contribution >= 4 is 22.9 Å². The van der Waals surface area contributed by atoms with Gasteiger partial charge in [-0.25, -0.2) is 0 Å². The minimum atomic E-state index is -0.174. The molecule has 4 N–H and O–H groups in total. The number of pyridine rings is 1. The molecule has 0 fully saturated rings. The van der Waals surface area contributed by atoms with E-state index in [0.717, 1.165) is 13.1 Å². The van der Waals surface area contributed by atoms with Crippen molar-refractivity contribution in [2.24, 2.45) is 0 Å². The summed E-state index contributed by atoms with van der Waals surface area (Å²) >= 11 is 0. The van der Waals surface area contributed by atoms with Crippen LogP contribution in [0.15, 0.2) is 30.6 Å². The molecule has 0 saturated heterocycles. The van der Waals surface area contributed by atoms with Crippen molar-refractivity contribution in [2.75, 3.05) is 50.9 Å². The van der Waals surface area contributed by atoms with E-state index in [2.05, 4.69) is 26.3 Å². The van der Waals surface area contributed by atoms with Crippen LogP contribution in [0.2, 0.25) is 0 Å². The summed E-state index contributed by atoms with van der Waals surface area (Å²) in [7, 11) is 3.73. The summed E-state index contributed by atoms with van der Waals surface area (Å²) in [5.41, 5.74) is 2.95. The molecule has 0 amide bonds. The first kappa shape index (κ1) is 18.0. The van der Waals surface area contributed by atoms with E-state index in [0.29, 0.717) is 46.7 Å². The summed E-state index contributed by atoms with van der Waals surface area (Å²) in [5, 5.41) is 12.6. The Labute approximate surface area is 152 Å². The Morgan fingerprint density at radius 1 is 0.769 bits per heavy atom. The quantitative estimate of drug-likeness (QED) is 0.451. The van der Waals surface area contributed by atoms with Gasteiger partial charge < -0.3 is 21.3 Å². The predicted molar refractivity (Wildman–Crippen MR) is 102 cm³/mol. The van der Waals surface area contributed by atoms with Crippen LogP contribution in [0, 0.1) is 0 Å². The molecule has 3 rings (SSSR count). The third kappa shape index (κ3) is 3.31. The summed E-state index contributed by atoms with van der Waals surface area (Å²) in [6, 6.07) is 5.31. The molecule has 0 atom stereocenters. The second-order valence-electron chi connectivity index (χ2n) is 6.05. The van der Waals surface area contributed by atoms with Crippen LogP contribution in [0.5, 0.6) is 0 Å².